The fourth-order valence-electron chi connectivity index (χ4n) is 8.77. The lowest BCUT2D eigenvalue weighted by atomic mass is 9.51. The van der Waals surface area contributed by atoms with Gasteiger partial charge in [-0.3, -0.25) is 4.79 Å². The molecule has 0 bridgehead atoms. The lowest BCUT2D eigenvalue weighted by Crippen LogP contribution is -2.47. The van der Waals surface area contributed by atoms with Crippen molar-refractivity contribution in [2.24, 2.45) is 17.3 Å². The number of aromatic hydroxyl groups is 1. The molecule has 2 N–H and O–H groups in total. The Balaban J connectivity index is 1.17. The van der Waals surface area contributed by atoms with Gasteiger partial charge in [0.1, 0.15) is 5.75 Å². The predicted octanol–water partition coefficient (Wildman–Crippen LogP) is 8.14. The summed E-state index contributed by atoms with van der Waals surface area (Å²) in [4.78, 5) is 14.1. The first kappa shape index (κ1) is 30.1. The smallest absolute Gasteiger partial charge is 0.222 e. The van der Waals surface area contributed by atoms with Crippen LogP contribution in [0, 0.1) is 17.3 Å². The molecule has 2 fully saturated rings. The number of aliphatic hydroxyl groups excluding tert-OH is 1. The average molecular weight is 560 g/mol. The van der Waals surface area contributed by atoms with Crippen LogP contribution < -0.4 is 0 Å². The van der Waals surface area contributed by atoms with E-state index in [0.717, 1.165) is 70.8 Å². The van der Waals surface area contributed by atoms with Crippen LogP contribution in [0.25, 0.3) is 0 Å². The van der Waals surface area contributed by atoms with E-state index in [1.807, 2.05) is 24.1 Å². The first-order valence-corrected chi connectivity index (χ1v) is 16.6. The van der Waals surface area contributed by atoms with Gasteiger partial charge >= 0.3 is 0 Å². The van der Waals surface area contributed by atoms with Gasteiger partial charge in [-0.25, -0.2) is 0 Å². The van der Waals surface area contributed by atoms with Crippen molar-refractivity contribution >= 4 is 5.91 Å². The molecule has 5 rings (SSSR count). The van der Waals surface area contributed by atoms with Crippen LogP contribution >= 0.6 is 0 Å². The maximum Gasteiger partial charge on any atom is 0.222 e. The maximum absolute atomic E-state index is 12.2. The van der Waals surface area contributed by atoms with Crippen LogP contribution in [0.2, 0.25) is 0 Å². The van der Waals surface area contributed by atoms with Gasteiger partial charge in [-0.2, -0.15) is 0 Å². The third-order valence-electron chi connectivity index (χ3n) is 11.2. The second-order valence-electron chi connectivity index (χ2n) is 13.8. The molecule has 2 aromatic carbocycles. The Morgan fingerprint density at radius 2 is 1.73 bits per heavy atom. The number of phenols is 1. The summed E-state index contributed by atoms with van der Waals surface area (Å²) in [7, 11) is 1.94. The molecule has 3 aliphatic rings. The molecular formula is C37H53NO3. The van der Waals surface area contributed by atoms with Gasteiger partial charge in [0.2, 0.25) is 5.91 Å². The fourth-order valence-corrected chi connectivity index (χ4v) is 8.77. The van der Waals surface area contributed by atoms with E-state index < -0.39 is 0 Å². The Kier molecular flexibility index (Phi) is 9.79. The van der Waals surface area contributed by atoms with Crippen molar-refractivity contribution in [3.8, 4) is 5.75 Å². The number of aliphatic hydroxyl groups is 1. The largest absolute Gasteiger partial charge is 0.508 e. The molecule has 3 aliphatic carbocycles. The van der Waals surface area contributed by atoms with Gasteiger partial charge in [-0.05, 0) is 121 Å². The third kappa shape index (κ3) is 6.53. The SMILES string of the molecule is CCCCN(C)C(=O)CCCCCCCc1ccc([C@H]2C[C@]3(C)[C@@H](O)CC[C@H]3[C@@H]3CCc4cc(O)ccc4[C@H]32)cc1. The number of hydrogen-bond donors (Lipinski definition) is 2. The highest BCUT2D eigenvalue weighted by Gasteiger charge is 2.57. The molecule has 4 heteroatoms. The monoisotopic (exact) mass is 559 g/mol. The minimum Gasteiger partial charge on any atom is -0.508 e. The lowest BCUT2D eigenvalue weighted by molar-refractivity contribution is -0.130. The number of aryl methyl sites for hydroxylation is 2. The summed E-state index contributed by atoms with van der Waals surface area (Å²) in [5.74, 6) is 2.72. The van der Waals surface area contributed by atoms with Crippen molar-refractivity contribution < 1.29 is 15.0 Å². The van der Waals surface area contributed by atoms with E-state index in [2.05, 4.69) is 44.2 Å². The van der Waals surface area contributed by atoms with Crippen LogP contribution in [0.1, 0.15) is 125 Å². The molecule has 41 heavy (non-hydrogen) atoms. The minimum absolute atomic E-state index is 0.00549. The highest BCUT2D eigenvalue weighted by atomic mass is 16.3. The van der Waals surface area contributed by atoms with Gasteiger partial charge in [0, 0.05) is 20.0 Å². The highest BCUT2D eigenvalue weighted by Crippen LogP contribution is 2.65. The molecule has 0 radical (unpaired) electrons. The van der Waals surface area contributed by atoms with Crippen LogP contribution in [0.3, 0.4) is 0 Å². The van der Waals surface area contributed by atoms with Crippen LogP contribution in [0.4, 0.5) is 0 Å². The van der Waals surface area contributed by atoms with Gasteiger partial charge in [-0.1, -0.05) is 69.9 Å². The van der Waals surface area contributed by atoms with E-state index in [-0.39, 0.29) is 11.5 Å². The Hall–Kier alpha value is -2.33. The molecule has 0 aromatic heterocycles. The molecule has 6 atom stereocenters. The minimum atomic E-state index is -0.198. The number of amides is 1. The van der Waals surface area contributed by atoms with Crippen molar-refractivity contribution in [2.45, 2.75) is 122 Å². The molecule has 0 spiro atoms. The zero-order chi connectivity index (χ0) is 29.0. The number of unbranched alkanes of at least 4 members (excludes halogenated alkanes) is 5. The van der Waals surface area contributed by atoms with Crippen LogP contribution in [0.5, 0.6) is 5.75 Å². The summed E-state index contributed by atoms with van der Waals surface area (Å²) >= 11 is 0. The first-order valence-electron chi connectivity index (χ1n) is 16.6. The zero-order valence-electron chi connectivity index (χ0n) is 25.8. The quantitative estimate of drug-likeness (QED) is 0.258. The molecule has 0 aliphatic heterocycles. The zero-order valence-corrected chi connectivity index (χ0v) is 25.8. The van der Waals surface area contributed by atoms with Gasteiger partial charge in [0.15, 0.2) is 0 Å². The number of carbonyl (C=O) groups excluding carboxylic acids is 1. The molecule has 0 heterocycles. The number of carbonyl (C=O) groups is 1. The maximum atomic E-state index is 12.2. The second-order valence-corrected chi connectivity index (χ2v) is 13.8. The van der Waals surface area contributed by atoms with E-state index in [9.17, 15) is 15.0 Å². The Morgan fingerprint density at radius 1 is 0.976 bits per heavy atom. The third-order valence-corrected chi connectivity index (χ3v) is 11.2. The summed E-state index contributed by atoms with van der Waals surface area (Å²) in [6, 6.07) is 15.5. The molecule has 2 aromatic rings. The Bertz CT molecular complexity index is 1160. The summed E-state index contributed by atoms with van der Waals surface area (Å²) < 4.78 is 0. The molecule has 2 saturated carbocycles. The molecule has 1 amide bonds. The Morgan fingerprint density at radius 3 is 2.51 bits per heavy atom. The molecule has 4 nitrogen and oxygen atoms in total. The fraction of sp³-hybridized carbons (Fsp3) is 0.649. The van der Waals surface area contributed by atoms with Gasteiger partial charge in [0.25, 0.3) is 0 Å². The molecular weight excluding hydrogens is 506 g/mol. The summed E-state index contributed by atoms with van der Waals surface area (Å²) in [5.41, 5.74) is 5.58. The predicted molar refractivity (Wildman–Crippen MR) is 167 cm³/mol. The Labute approximate surface area is 248 Å². The van der Waals surface area contributed by atoms with Crippen molar-refractivity contribution in [1.82, 2.24) is 4.90 Å². The second kappa shape index (κ2) is 13.3. The normalized spacial score (nSPS) is 28.5. The average Bonchev–Trinajstić information content (AvgIpc) is 3.28. The number of rotatable bonds is 12. The molecule has 0 unspecified atom stereocenters. The van der Waals surface area contributed by atoms with Crippen LogP contribution in [-0.2, 0) is 17.6 Å². The highest BCUT2D eigenvalue weighted by molar-refractivity contribution is 5.75. The van der Waals surface area contributed by atoms with Crippen molar-refractivity contribution in [3.05, 3.63) is 64.7 Å². The number of fused-ring (bicyclic) bond motifs is 5. The van der Waals surface area contributed by atoms with Crippen LogP contribution in [0.15, 0.2) is 42.5 Å². The number of benzene rings is 2. The van der Waals surface area contributed by atoms with Gasteiger partial charge < -0.3 is 15.1 Å². The van der Waals surface area contributed by atoms with Crippen molar-refractivity contribution in [2.75, 3.05) is 13.6 Å². The van der Waals surface area contributed by atoms with E-state index in [1.54, 1.807) is 0 Å². The van der Waals surface area contributed by atoms with Crippen LogP contribution in [-0.4, -0.2) is 40.7 Å². The number of hydrogen-bond acceptors (Lipinski definition) is 3. The van der Waals surface area contributed by atoms with E-state index in [1.165, 1.54) is 41.5 Å². The summed E-state index contributed by atoms with van der Waals surface area (Å²) in [6.07, 6.45) is 14.9. The van der Waals surface area contributed by atoms with E-state index in [0.29, 0.717) is 41.7 Å². The van der Waals surface area contributed by atoms with E-state index >= 15 is 0 Å². The van der Waals surface area contributed by atoms with Gasteiger partial charge in [0.05, 0.1) is 6.10 Å². The number of phenolic OH excluding ortho intramolecular Hbond substituents is 1. The van der Waals surface area contributed by atoms with E-state index in [4.69, 9.17) is 0 Å². The van der Waals surface area contributed by atoms with Gasteiger partial charge in [-0.15, -0.1) is 0 Å². The standard InChI is InChI=1S/C37H53NO3/c1-4-5-23-38(3)35(41)12-10-8-6-7-9-11-26-13-15-27(16-14-26)32-25-37(2)33(21-22-34(37)40)31-19-17-28-24-29(39)18-20-30(28)36(31)32/h13-16,18,20,24,31-34,36,39-40H,4-12,17,19,21-23,25H2,1-3H3/t31-,32+,33-,34-,36+,37-/m0/s1. The topological polar surface area (TPSA) is 60.8 Å². The summed E-state index contributed by atoms with van der Waals surface area (Å²) in [6.45, 7) is 5.41. The van der Waals surface area contributed by atoms with Crippen molar-refractivity contribution in [3.63, 3.8) is 0 Å². The van der Waals surface area contributed by atoms with Crippen molar-refractivity contribution in [1.29, 1.82) is 0 Å². The molecule has 224 valence electrons. The number of nitrogens with zero attached hydrogens (tertiary/aromatic N) is 1. The molecule has 0 saturated heterocycles. The summed E-state index contributed by atoms with van der Waals surface area (Å²) in [5, 5.41) is 21.3. The lowest BCUT2D eigenvalue weighted by Gasteiger charge is -2.54. The first-order chi connectivity index (χ1) is 19.8.